The van der Waals surface area contributed by atoms with Gasteiger partial charge in [-0.3, -0.25) is 0 Å². The van der Waals surface area contributed by atoms with E-state index in [2.05, 4.69) is 20.8 Å². The van der Waals surface area contributed by atoms with E-state index in [0.717, 1.165) is 11.7 Å². The summed E-state index contributed by atoms with van der Waals surface area (Å²) in [6.07, 6.45) is 3.59. The van der Waals surface area contributed by atoms with Gasteiger partial charge in [-0.05, 0) is 42.7 Å². The smallest absolute Gasteiger partial charge is 0.361 e. The van der Waals surface area contributed by atoms with Gasteiger partial charge in [0.15, 0.2) is 6.35 Å². The minimum absolute atomic E-state index is 0.0906. The lowest BCUT2D eigenvalue weighted by atomic mass is 9.75. The van der Waals surface area contributed by atoms with E-state index in [9.17, 15) is 5.11 Å². The molecule has 1 aromatic carbocycles. The van der Waals surface area contributed by atoms with Gasteiger partial charge in [0.05, 0.1) is 0 Å². The number of hydrogen-bond donors (Lipinski definition) is 1. The van der Waals surface area contributed by atoms with Gasteiger partial charge >= 0.3 is 7.57 Å². The number of hydrogen-bond acceptors (Lipinski definition) is 2. The van der Waals surface area contributed by atoms with Crippen LogP contribution in [0.5, 0.6) is 0 Å². The van der Waals surface area contributed by atoms with Crippen LogP contribution in [0.3, 0.4) is 0 Å². The van der Waals surface area contributed by atoms with E-state index >= 15 is 0 Å². The van der Waals surface area contributed by atoms with E-state index in [1.165, 1.54) is 12.8 Å². The van der Waals surface area contributed by atoms with Gasteiger partial charge in [0, 0.05) is 0 Å². The van der Waals surface area contributed by atoms with Gasteiger partial charge < -0.3 is 5.11 Å². The molecule has 4 atom stereocenters. The van der Waals surface area contributed by atoms with Gasteiger partial charge in [0.1, 0.15) is 18.8 Å². The fourth-order valence-corrected chi connectivity index (χ4v) is 5.09. The molecule has 1 fully saturated rings. The number of rotatable bonds is 5. The Hall–Kier alpha value is -0.365. The molecule has 4 unspecified atom stereocenters. The summed E-state index contributed by atoms with van der Waals surface area (Å²) in [6.45, 7) is 6.80. The van der Waals surface area contributed by atoms with Gasteiger partial charge in [-0.25, -0.2) is 4.52 Å². The van der Waals surface area contributed by atoms with Gasteiger partial charge in [-0.15, -0.1) is 0 Å². The predicted molar refractivity (Wildman–Crippen MR) is 92.1 cm³/mol. The molecule has 2 radical (unpaired) electrons. The van der Waals surface area contributed by atoms with Crippen molar-refractivity contribution in [3.8, 4) is 0 Å². The zero-order valence-electron chi connectivity index (χ0n) is 13.4. The van der Waals surface area contributed by atoms with E-state index in [0.29, 0.717) is 17.8 Å². The van der Waals surface area contributed by atoms with Gasteiger partial charge in [0.2, 0.25) is 0 Å². The Balaban J connectivity index is 2.19. The molecule has 1 aliphatic rings. The summed E-state index contributed by atoms with van der Waals surface area (Å²) in [7, 11) is 4.08. The largest absolute Gasteiger partial charge is 0.411 e. The lowest BCUT2D eigenvalue weighted by Gasteiger charge is -2.38. The van der Waals surface area contributed by atoms with Gasteiger partial charge in [-0.1, -0.05) is 45.4 Å². The Bertz CT molecular complexity index is 440. The monoisotopic (exact) mass is 305 g/mol. The Morgan fingerprint density at radius 2 is 1.95 bits per heavy atom. The van der Waals surface area contributed by atoms with E-state index in [-0.39, 0.29) is 12.5 Å². The number of aliphatic hydroxyl groups excluding tert-OH is 1. The van der Waals surface area contributed by atoms with Crippen molar-refractivity contribution in [3.63, 3.8) is 0 Å². The highest BCUT2D eigenvalue weighted by Gasteiger charge is 2.43. The van der Waals surface area contributed by atoms with Crippen molar-refractivity contribution >= 4 is 20.2 Å². The van der Waals surface area contributed by atoms with Crippen LogP contribution in [0.15, 0.2) is 30.3 Å². The average Bonchev–Trinajstić information content (AvgIpc) is 2.47. The fraction of sp³-hybridized carbons (Fsp3) is 0.647. The summed E-state index contributed by atoms with van der Waals surface area (Å²) in [5.74, 6) is 1.80. The minimum atomic E-state index is -2.42. The van der Waals surface area contributed by atoms with E-state index < -0.39 is 7.37 Å². The van der Waals surface area contributed by atoms with Crippen LogP contribution in [0.2, 0.25) is 0 Å². The van der Waals surface area contributed by atoms with Crippen molar-refractivity contribution in [2.45, 2.75) is 46.1 Å². The highest BCUT2D eigenvalue weighted by Crippen LogP contribution is 2.56. The first kappa shape index (κ1) is 17.0. The summed E-state index contributed by atoms with van der Waals surface area (Å²) in [5, 5.41) is 10.8. The lowest BCUT2D eigenvalue weighted by Crippen LogP contribution is -2.36. The second-order valence-corrected chi connectivity index (χ2v) is 9.34. The standard InChI is InChI=1S/C17H27BO2P/c1-13(2)16-10-9-14(3)11-17(16)20-21(18,12-19)15-7-5-4-6-8-15/h4-8,13-14,16-17,19H,9-12H2,1-3H3/q+1. The molecule has 0 heterocycles. The molecule has 114 valence electrons. The fourth-order valence-electron chi connectivity index (χ4n) is 3.33. The summed E-state index contributed by atoms with van der Waals surface area (Å²) < 4.78 is 6.40. The van der Waals surface area contributed by atoms with Crippen molar-refractivity contribution in [1.82, 2.24) is 0 Å². The predicted octanol–water partition coefficient (Wildman–Crippen LogP) is 3.76. The molecule has 4 heteroatoms. The van der Waals surface area contributed by atoms with E-state index in [1.54, 1.807) is 0 Å². The Kier molecular flexibility index (Phi) is 5.88. The molecule has 21 heavy (non-hydrogen) atoms. The van der Waals surface area contributed by atoms with Crippen LogP contribution in [-0.4, -0.2) is 25.1 Å². The third-order valence-corrected chi connectivity index (χ3v) is 6.93. The Labute approximate surface area is 131 Å². The van der Waals surface area contributed by atoms with Crippen LogP contribution < -0.4 is 5.30 Å². The first-order valence-electron chi connectivity index (χ1n) is 7.97. The maximum absolute atomic E-state index is 9.86. The minimum Gasteiger partial charge on any atom is -0.361 e. The first-order chi connectivity index (χ1) is 9.96. The Morgan fingerprint density at radius 3 is 2.52 bits per heavy atom. The zero-order valence-corrected chi connectivity index (χ0v) is 14.3. The molecule has 2 rings (SSSR count). The maximum Gasteiger partial charge on any atom is 0.411 e. The molecule has 0 aliphatic heterocycles. The van der Waals surface area contributed by atoms with Crippen LogP contribution >= 0.6 is 7.37 Å². The molecule has 1 aliphatic carbocycles. The highest BCUT2D eigenvalue weighted by molar-refractivity contribution is 7.99. The molecule has 0 bridgehead atoms. The van der Waals surface area contributed by atoms with E-state index in [4.69, 9.17) is 12.1 Å². The first-order valence-corrected chi connectivity index (χ1v) is 9.94. The zero-order chi connectivity index (χ0) is 15.5. The molecular weight excluding hydrogens is 278 g/mol. The quantitative estimate of drug-likeness (QED) is 0.663. The molecule has 2 nitrogen and oxygen atoms in total. The molecule has 0 aromatic heterocycles. The summed E-state index contributed by atoms with van der Waals surface area (Å²) in [4.78, 5) is 0. The van der Waals surface area contributed by atoms with Crippen LogP contribution in [-0.2, 0) is 4.52 Å². The summed E-state index contributed by atoms with van der Waals surface area (Å²) >= 11 is 0. The van der Waals surface area contributed by atoms with Crippen molar-refractivity contribution in [2.24, 2.45) is 17.8 Å². The SMILES string of the molecule is [B][P+](CO)(OC1CC(C)CCC1C(C)C)c1ccccc1. The lowest BCUT2D eigenvalue weighted by molar-refractivity contribution is 0.0529. The molecular formula is C17H27BO2P+. The second-order valence-electron chi connectivity index (χ2n) is 6.74. The second kappa shape index (κ2) is 7.27. The van der Waals surface area contributed by atoms with E-state index in [1.807, 2.05) is 30.3 Å². The van der Waals surface area contributed by atoms with Crippen molar-refractivity contribution in [3.05, 3.63) is 30.3 Å². The number of benzene rings is 1. The van der Waals surface area contributed by atoms with Crippen molar-refractivity contribution in [2.75, 3.05) is 6.35 Å². The molecule has 1 N–H and O–H groups in total. The summed E-state index contributed by atoms with van der Waals surface area (Å²) in [6, 6.07) is 9.82. The summed E-state index contributed by atoms with van der Waals surface area (Å²) in [5.41, 5.74) is 0. The van der Waals surface area contributed by atoms with Crippen LogP contribution in [0.4, 0.5) is 0 Å². The molecule has 0 spiro atoms. The molecule has 0 saturated heterocycles. The number of aliphatic hydroxyl groups is 1. The molecule has 1 saturated carbocycles. The van der Waals surface area contributed by atoms with Gasteiger partial charge in [-0.2, -0.15) is 0 Å². The molecule has 1 aromatic rings. The van der Waals surface area contributed by atoms with Gasteiger partial charge in [0.25, 0.3) is 0 Å². The van der Waals surface area contributed by atoms with Crippen LogP contribution in [0, 0.1) is 17.8 Å². The highest BCUT2D eigenvalue weighted by atomic mass is 31.2. The topological polar surface area (TPSA) is 29.5 Å². The average molecular weight is 305 g/mol. The van der Waals surface area contributed by atoms with Crippen LogP contribution in [0.25, 0.3) is 0 Å². The molecule has 0 amide bonds. The Morgan fingerprint density at radius 1 is 1.29 bits per heavy atom. The van der Waals surface area contributed by atoms with Crippen molar-refractivity contribution in [1.29, 1.82) is 0 Å². The van der Waals surface area contributed by atoms with Crippen molar-refractivity contribution < 1.29 is 9.63 Å². The third-order valence-electron chi connectivity index (χ3n) is 4.69. The van der Waals surface area contributed by atoms with Crippen LogP contribution in [0.1, 0.15) is 40.0 Å². The third kappa shape index (κ3) is 4.09. The normalized spacial score (nSPS) is 29.3. The maximum atomic E-state index is 9.86.